The van der Waals surface area contributed by atoms with Gasteiger partial charge in [-0.05, 0) is 40.5 Å². The molecule has 0 radical (unpaired) electrons. The average Bonchev–Trinajstić information content (AvgIpc) is 2.58. The van der Waals surface area contributed by atoms with E-state index in [1.54, 1.807) is 0 Å². The molecule has 1 aromatic rings. The van der Waals surface area contributed by atoms with Crippen LogP contribution in [-0.2, 0) is 0 Å². The van der Waals surface area contributed by atoms with Crippen LogP contribution in [0.3, 0.4) is 0 Å². The predicted molar refractivity (Wildman–Crippen MR) is 77.9 cm³/mol. The Morgan fingerprint density at radius 1 is 0.833 bits per heavy atom. The van der Waals surface area contributed by atoms with Crippen molar-refractivity contribution in [1.29, 1.82) is 0 Å². The van der Waals surface area contributed by atoms with Crippen molar-refractivity contribution in [3.63, 3.8) is 0 Å². The van der Waals surface area contributed by atoms with Crippen LogP contribution in [0.2, 0.25) is 0 Å². The number of hydrogen-bond donors (Lipinski definition) is 0. The first-order chi connectivity index (χ1) is 8.43. The molecule has 0 N–H and O–H groups in total. The lowest BCUT2D eigenvalue weighted by atomic mass is 9.84. The largest absolute Gasteiger partial charge is 0.187 e. The predicted octanol–water partition coefficient (Wildman–Crippen LogP) is 5.51. The first-order valence-electron chi connectivity index (χ1n) is 6.80. The zero-order valence-corrected chi connectivity index (χ0v) is 12.2. The summed E-state index contributed by atoms with van der Waals surface area (Å²) in [5.74, 6) is 1.40. The number of hydrogen-bond acceptors (Lipinski definition) is 2. The number of nitrogens with zero attached hydrogens (tertiary/aromatic N) is 2. The maximum Gasteiger partial charge on any atom is 0.101 e. The molecule has 18 heavy (non-hydrogen) atoms. The fourth-order valence-electron chi connectivity index (χ4n) is 2.69. The number of rotatable bonds is 3. The van der Waals surface area contributed by atoms with Gasteiger partial charge in [0.05, 0.1) is 11.4 Å². The van der Waals surface area contributed by atoms with Crippen LogP contribution >= 0.6 is 0 Å². The smallest absolute Gasteiger partial charge is 0.101 e. The molecule has 0 aliphatic carbocycles. The van der Waals surface area contributed by atoms with Crippen molar-refractivity contribution >= 4 is 17.4 Å². The van der Waals surface area contributed by atoms with Crippen molar-refractivity contribution in [2.75, 3.05) is 0 Å². The second-order valence-electron chi connectivity index (χ2n) is 5.95. The van der Waals surface area contributed by atoms with Crippen molar-refractivity contribution in [1.82, 2.24) is 0 Å². The van der Waals surface area contributed by atoms with E-state index in [2.05, 4.69) is 63.6 Å². The monoisotopic (exact) mass is 242 g/mol. The summed E-state index contributed by atoms with van der Waals surface area (Å²) in [6, 6.07) is 5.05. The topological polar surface area (TPSA) is 24.7 Å². The molecule has 0 saturated carbocycles. The third kappa shape index (κ3) is 2.02. The third-order valence-corrected chi connectivity index (χ3v) is 3.50. The van der Waals surface area contributed by atoms with Gasteiger partial charge in [-0.2, -0.15) is 9.98 Å². The quantitative estimate of drug-likeness (QED) is 0.678. The molecule has 2 nitrogen and oxygen atoms in total. The highest BCUT2D eigenvalue weighted by Gasteiger charge is 2.24. The van der Waals surface area contributed by atoms with Crippen molar-refractivity contribution in [2.24, 2.45) is 9.98 Å². The summed E-state index contributed by atoms with van der Waals surface area (Å²) in [6.45, 7) is 13.3. The van der Waals surface area contributed by atoms with Crippen LogP contribution in [0.15, 0.2) is 16.1 Å². The molecule has 0 saturated heterocycles. The molecular formula is C16H22N2. The Morgan fingerprint density at radius 3 is 1.94 bits per heavy atom. The van der Waals surface area contributed by atoms with E-state index in [4.69, 9.17) is 0 Å². The number of aliphatic imine (C=N–C) groups is 2. The molecule has 2 aliphatic heterocycles. The first-order valence-corrected chi connectivity index (χ1v) is 6.80. The maximum atomic E-state index is 4.47. The zero-order chi connectivity index (χ0) is 13.4. The molecule has 0 aromatic heterocycles. The van der Waals surface area contributed by atoms with E-state index in [0.29, 0.717) is 17.8 Å². The van der Waals surface area contributed by atoms with E-state index in [9.17, 15) is 0 Å². The second kappa shape index (κ2) is 4.70. The maximum absolute atomic E-state index is 4.47. The van der Waals surface area contributed by atoms with Crippen molar-refractivity contribution in [3.8, 4) is 0 Å². The van der Waals surface area contributed by atoms with Crippen LogP contribution in [0.5, 0.6) is 0 Å². The fraction of sp³-hybridized carbons (Fsp3) is 0.562. The molecule has 2 aliphatic rings. The Labute approximate surface area is 110 Å². The van der Waals surface area contributed by atoms with Crippen LogP contribution in [0, 0.1) is 0 Å². The lowest BCUT2D eigenvalue weighted by molar-refractivity contribution is 0.781. The van der Waals surface area contributed by atoms with E-state index < -0.39 is 0 Å². The van der Waals surface area contributed by atoms with Crippen LogP contribution < -0.4 is 0 Å². The van der Waals surface area contributed by atoms with Crippen LogP contribution in [0.1, 0.15) is 76.0 Å². The van der Waals surface area contributed by atoms with E-state index in [1.165, 1.54) is 16.7 Å². The van der Waals surface area contributed by atoms with Gasteiger partial charge in [0.15, 0.2) is 0 Å². The van der Waals surface area contributed by atoms with Crippen molar-refractivity contribution in [2.45, 2.75) is 59.3 Å². The Morgan fingerprint density at radius 2 is 1.44 bits per heavy atom. The average molecular weight is 242 g/mol. The lowest BCUT2D eigenvalue weighted by Crippen LogP contribution is -2.02. The van der Waals surface area contributed by atoms with Gasteiger partial charge < -0.3 is 0 Å². The number of fused-ring (bicyclic) bond motifs is 2. The van der Waals surface area contributed by atoms with Gasteiger partial charge >= 0.3 is 0 Å². The summed E-state index contributed by atoms with van der Waals surface area (Å²) >= 11 is 0. The van der Waals surface area contributed by atoms with Crippen molar-refractivity contribution in [3.05, 3.63) is 22.8 Å². The zero-order valence-electron chi connectivity index (χ0n) is 12.2. The standard InChI is InChI=1S/C16H22N2/c1-9(2)12-7-13-14(10(3)4)15(11(5)6)16(12)18-8-17-13/h7,9-11H,1-6H3. The highest BCUT2D eigenvalue weighted by molar-refractivity contribution is 5.76. The first kappa shape index (κ1) is 13.0. The molecule has 0 atom stereocenters. The van der Waals surface area contributed by atoms with Crippen molar-refractivity contribution < 1.29 is 0 Å². The lowest BCUT2D eigenvalue weighted by Gasteiger charge is -2.22. The van der Waals surface area contributed by atoms with Gasteiger partial charge in [0, 0.05) is 0 Å². The summed E-state index contributed by atoms with van der Waals surface area (Å²) in [4.78, 5) is 8.87. The Bertz CT molecular complexity index is 531. The SMILES string of the molecule is CC(C)c1cc2c(C(C)C)c(C(C)C)c1N=C=N2. The van der Waals surface area contributed by atoms with E-state index >= 15 is 0 Å². The minimum atomic E-state index is 0.466. The molecule has 1 aromatic carbocycles. The van der Waals surface area contributed by atoms with Gasteiger partial charge in [-0.3, -0.25) is 0 Å². The molecule has 0 fully saturated rings. The van der Waals surface area contributed by atoms with Crippen LogP contribution in [0.25, 0.3) is 0 Å². The van der Waals surface area contributed by atoms with Gasteiger partial charge in [-0.1, -0.05) is 41.5 Å². The van der Waals surface area contributed by atoms with E-state index in [0.717, 1.165) is 11.4 Å². The van der Waals surface area contributed by atoms with Crippen LogP contribution in [-0.4, -0.2) is 6.01 Å². The molecule has 2 heterocycles. The third-order valence-electron chi connectivity index (χ3n) is 3.50. The highest BCUT2D eigenvalue weighted by atomic mass is 14.9. The number of benzene rings is 1. The summed E-state index contributed by atoms with van der Waals surface area (Å²) in [5.41, 5.74) is 6.17. The second-order valence-corrected chi connectivity index (χ2v) is 5.95. The van der Waals surface area contributed by atoms with Gasteiger partial charge in [0.1, 0.15) is 6.01 Å². The molecule has 3 rings (SSSR count). The Balaban J connectivity index is 2.83. The molecule has 0 amide bonds. The summed E-state index contributed by atoms with van der Waals surface area (Å²) in [6.07, 6.45) is 0. The molecular weight excluding hydrogens is 220 g/mol. The van der Waals surface area contributed by atoms with E-state index in [-0.39, 0.29) is 0 Å². The molecule has 0 unspecified atom stereocenters. The molecule has 96 valence electrons. The van der Waals surface area contributed by atoms with E-state index in [1.807, 2.05) is 0 Å². The van der Waals surface area contributed by atoms with Gasteiger partial charge in [-0.25, -0.2) is 0 Å². The highest BCUT2D eigenvalue weighted by Crippen LogP contribution is 2.45. The fourth-order valence-corrected chi connectivity index (χ4v) is 2.69. The summed E-state index contributed by atoms with van der Waals surface area (Å²) in [7, 11) is 0. The van der Waals surface area contributed by atoms with Gasteiger partial charge in [0.25, 0.3) is 0 Å². The summed E-state index contributed by atoms with van der Waals surface area (Å²) in [5, 5.41) is 0. The summed E-state index contributed by atoms with van der Waals surface area (Å²) < 4.78 is 0. The van der Waals surface area contributed by atoms with Crippen LogP contribution in [0.4, 0.5) is 11.4 Å². The van der Waals surface area contributed by atoms with Gasteiger partial charge in [0.2, 0.25) is 0 Å². The minimum Gasteiger partial charge on any atom is -0.187 e. The van der Waals surface area contributed by atoms with Gasteiger partial charge in [-0.15, -0.1) is 0 Å². The Hall–Kier alpha value is -1.40. The minimum absolute atomic E-state index is 0.466. The molecule has 2 heteroatoms. The normalized spacial score (nSPS) is 13.2. The molecule has 0 spiro atoms. The Kier molecular flexibility index (Phi) is 3.41. The molecule has 2 bridgehead atoms.